The molecule has 80 valence electrons. The van der Waals surface area contributed by atoms with E-state index < -0.39 is 0 Å². The minimum Gasteiger partial charge on any atom is -0.506 e. The van der Waals surface area contributed by atoms with Crippen molar-refractivity contribution in [3.05, 3.63) is 53.6 Å². The Bertz CT molecular complexity index is 529. The van der Waals surface area contributed by atoms with Crippen molar-refractivity contribution in [2.45, 2.75) is 0 Å². The second-order valence-corrected chi connectivity index (χ2v) is 3.78. The van der Waals surface area contributed by atoms with Crippen molar-refractivity contribution in [2.24, 2.45) is 0 Å². The molecule has 3 aromatic rings. The summed E-state index contributed by atoms with van der Waals surface area (Å²) in [6.45, 7) is 0. The van der Waals surface area contributed by atoms with E-state index in [1.54, 1.807) is 41.4 Å². The van der Waals surface area contributed by atoms with E-state index in [0.29, 0.717) is 5.52 Å². The fourth-order valence-electron chi connectivity index (χ4n) is 1.26. The third kappa shape index (κ3) is 2.55. The van der Waals surface area contributed by atoms with E-state index in [9.17, 15) is 5.11 Å². The van der Waals surface area contributed by atoms with Gasteiger partial charge in [0.05, 0.1) is 5.51 Å². The van der Waals surface area contributed by atoms with Gasteiger partial charge in [0, 0.05) is 23.2 Å². The van der Waals surface area contributed by atoms with Gasteiger partial charge in [-0.1, -0.05) is 18.2 Å². The SMILES string of the molecule is Oc1cccc2cccnc12.c1cscn1. The lowest BCUT2D eigenvalue weighted by Gasteiger charge is -1.96. The molecule has 0 fully saturated rings. The lowest BCUT2D eigenvalue weighted by atomic mass is 10.2. The lowest BCUT2D eigenvalue weighted by Crippen LogP contribution is -1.76. The number of fused-ring (bicyclic) bond motifs is 1. The molecule has 0 aliphatic carbocycles. The minimum atomic E-state index is 0.239. The standard InChI is InChI=1S/C9H7NO.C3H3NS/c11-8-5-1-3-7-4-2-6-10-9(7)8;1-2-5-3-4-1/h1-6,11H;1-3H. The van der Waals surface area contributed by atoms with Crippen LogP contribution in [0.5, 0.6) is 5.75 Å². The van der Waals surface area contributed by atoms with Crippen LogP contribution in [0.2, 0.25) is 0 Å². The predicted octanol–water partition coefficient (Wildman–Crippen LogP) is 3.08. The van der Waals surface area contributed by atoms with Crippen molar-refractivity contribution < 1.29 is 5.11 Å². The highest BCUT2D eigenvalue weighted by atomic mass is 32.1. The van der Waals surface area contributed by atoms with E-state index in [1.807, 2.05) is 23.6 Å². The van der Waals surface area contributed by atoms with Crippen molar-refractivity contribution in [1.82, 2.24) is 9.97 Å². The fourth-order valence-corrected chi connectivity index (χ4v) is 1.62. The first-order valence-electron chi connectivity index (χ1n) is 4.73. The lowest BCUT2D eigenvalue weighted by molar-refractivity contribution is 0.480. The Morgan fingerprint density at radius 1 is 1.06 bits per heavy atom. The number of aromatic nitrogens is 2. The molecule has 3 rings (SSSR count). The molecule has 0 aliphatic rings. The van der Waals surface area contributed by atoms with Gasteiger partial charge in [0.25, 0.3) is 0 Å². The molecule has 0 aliphatic heterocycles. The number of aromatic hydroxyl groups is 1. The Kier molecular flexibility index (Phi) is 3.46. The van der Waals surface area contributed by atoms with E-state index in [1.165, 1.54) is 0 Å². The number of hydrogen-bond donors (Lipinski definition) is 1. The molecule has 2 aromatic heterocycles. The van der Waals surface area contributed by atoms with E-state index in [2.05, 4.69) is 9.97 Å². The summed E-state index contributed by atoms with van der Waals surface area (Å²) >= 11 is 1.60. The smallest absolute Gasteiger partial charge is 0.141 e. The number of rotatable bonds is 0. The first-order chi connectivity index (χ1) is 7.88. The number of thiazole rings is 1. The summed E-state index contributed by atoms with van der Waals surface area (Å²) < 4.78 is 0. The van der Waals surface area contributed by atoms with Gasteiger partial charge in [-0.3, -0.25) is 9.97 Å². The molecule has 4 heteroatoms. The summed E-state index contributed by atoms with van der Waals surface area (Å²) in [6.07, 6.45) is 3.44. The first kappa shape index (κ1) is 10.6. The summed E-state index contributed by atoms with van der Waals surface area (Å²) in [4.78, 5) is 7.77. The highest BCUT2D eigenvalue weighted by molar-refractivity contribution is 7.07. The molecule has 0 amide bonds. The van der Waals surface area contributed by atoms with E-state index >= 15 is 0 Å². The molecule has 1 aromatic carbocycles. The van der Waals surface area contributed by atoms with Crippen LogP contribution in [0.3, 0.4) is 0 Å². The number of phenols is 1. The van der Waals surface area contributed by atoms with Crippen molar-refractivity contribution >= 4 is 22.2 Å². The highest BCUT2D eigenvalue weighted by Crippen LogP contribution is 2.20. The molecule has 0 spiro atoms. The van der Waals surface area contributed by atoms with E-state index in [4.69, 9.17) is 0 Å². The Morgan fingerprint density at radius 3 is 2.56 bits per heavy atom. The van der Waals surface area contributed by atoms with Gasteiger partial charge in [-0.15, -0.1) is 11.3 Å². The molecule has 3 nitrogen and oxygen atoms in total. The van der Waals surface area contributed by atoms with Gasteiger partial charge in [0.15, 0.2) is 0 Å². The van der Waals surface area contributed by atoms with Crippen molar-refractivity contribution in [3.63, 3.8) is 0 Å². The van der Waals surface area contributed by atoms with E-state index in [-0.39, 0.29) is 5.75 Å². The second kappa shape index (κ2) is 5.23. The number of pyridine rings is 1. The molecule has 0 saturated heterocycles. The van der Waals surface area contributed by atoms with Crippen LogP contribution in [0.4, 0.5) is 0 Å². The minimum absolute atomic E-state index is 0.239. The summed E-state index contributed by atoms with van der Waals surface area (Å²) in [5, 5.41) is 12.2. The van der Waals surface area contributed by atoms with Crippen LogP contribution in [0, 0.1) is 0 Å². The maximum Gasteiger partial charge on any atom is 0.141 e. The van der Waals surface area contributed by atoms with Gasteiger partial charge in [-0.05, 0) is 12.1 Å². The molecule has 1 N–H and O–H groups in total. The van der Waals surface area contributed by atoms with Gasteiger partial charge >= 0.3 is 0 Å². The Hall–Kier alpha value is -1.94. The number of benzene rings is 1. The summed E-state index contributed by atoms with van der Waals surface area (Å²) in [5.74, 6) is 0.239. The number of hydrogen-bond acceptors (Lipinski definition) is 4. The summed E-state index contributed by atoms with van der Waals surface area (Å²) in [7, 11) is 0. The molecular weight excluding hydrogens is 220 g/mol. The van der Waals surface area contributed by atoms with Crippen LogP contribution in [0.15, 0.2) is 53.6 Å². The van der Waals surface area contributed by atoms with Crippen molar-refractivity contribution in [3.8, 4) is 5.75 Å². The molecule has 0 bridgehead atoms. The molecular formula is C12H10N2OS. The summed E-state index contributed by atoms with van der Waals surface area (Å²) in [5.41, 5.74) is 2.45. The molecule has 0 atom stereocenters. The second-order valence-electron chi connectivity index (χ2n) is 3.03. The third-order valence-electron chi connectivity index (χ3n) is 1.96. The van der Waals surface area contributed by atoms with Crippen LogP contribution in [0.1, 0.15) is 0 Å². The topological polar surface area (TPSA) is 46.0 Å². The van der Waals surface area contributed by atoms with Crippen LogP contribution in [0.25, 0.3) is 10.9 Å². The normalized spacial score (nSPS) is 9.50. The average molecular weight is 230 g/mol. The van der Waals surface area contributed by atoms with Crippen LogP contribution >= 0.6 is 11.3 Å². The van der Waals surface area contributed by atoms with Crippen molar-refractivity contribution in [1.29, 1.82) is 0 Å². The largest absolute Gasteiger partial charge is 0.506 e. The van der Waals surface area contributed by atoms with Crippen molar-refractivity contribution in [2.75, 3.05) is 0 Å². The van der Waals surface area contributed by atoms with Crippen LogP contribution < -0.4 is 0 Å². The molecule has 0 saturated carbocycles. The van der Waals surface area contributed by atoms with Gasteiger partial charge in [0.1, 0.15) is 11.3 Å². The highest BCUT2D eigenvalue weighted by Gasteiger charge is 1.96. The zero-order valence-corrected chi connectivity index (χ0v) is 9.26. The maximum atomic E-state index is 9.31. The Labute approximate surface area is 97.0 Å². The van der Waals surface area contributed by atoms with Crippen LogP contribution in [-0.2, 0) is 0 Å². The summed E-state index contributed by atoms with van der Waals surface area (Å²) in [6, 6.07) is 9.13. The zero-order valence-electron chi connectivity index (χ0n) is 8.45. The third-order valence-corrected chi connectivity index (χ3v) is 2.48. The van der Waals surface area contributed by atoms with Gasteiger partial charge < -0.3 is 5.11 Å². The first-order valence-corrected chi connectivity index (χ1v) is 5.67. The van der Waals surface area contributed by atoms with Gasteiger partial charge in [-0.2, -0.15) is 0 Å². The zero-order chi connectivity index (χ0) is 11.2. The number of phenolic OH excluding ortho intramolecular Hbond substituents is 1. The predicted molar refractivity (Wildman–Crippen MR) is 65.5 cm³/mol. The Balaban J connectivity index is 0.000000162. The number of nitrogens with zero attached hydrogens (tertiary/aromatic N) is 2. The molecule has 0 radical (unpaired) electrons. The maximum absolute atomic E-state index is 9.31. The van der Waals surface area contributed by atoms with Crippen LogP contribution in [-0.4, -0.2) is 15.1 Å². The quantitative estimate of drug-likeness (QED) is 0.645. The molecule has 2 heterocycles. The van der Waals surface area contributed by atoms with Gasteiger partial charge in [0.2, 0.25) is 0 Å². The van der Waals surface area contributed by atoms with E-state index in [0.717, 1.165) is 5.39 Å². The monoisotopic (exact) mass is 230 g/mol. The average Bonchev–Trinajstić information content (AvgIpc) is 2.88. The molecule has 16 heavy (non-hydrogen) atoms. The number of para-hydroxylation sites is 1. The Morgan fingerprint density at radius 2 is 1.94 bits per heavy atom. The molecule has 0 unspecified atom stereocenters. The van der Waals surface area contributed by atoms with Gasteiger partial charge in [-0.25, -0.2) is 0 Å². The fraction of sp³-hybridized carbons (Fsp3) is 0.